The summed E-state index contributed by atoms with van der Waals surface area (Å²) in [6.07, 6.45) is 3.27. The van der Waals surface area contributed by atoms with Gasteiger partial charge < -0.3 is 5.32 Å². The fourth-order valence-corrected chi connectivity index (χ4v) is 1.37. The fourth-order valence-electron chi connectivity index (χ4n) is 1.01. The maximum absolute atomic E-state index is 11.6. The van der Waals surface area contributed by atoms with Crippen LogP contribution in [0.25, 0.3) is 0 Å². The SMILES string of the molecule is CC(C)(C)C(=O)C=CNc1ccc(I)cc1. The molecule has 0 aliphatic carbocycles. The Bertz CT molecular complexity index is 387. The van der Waals surface area contributed by atoms with Gasteiger partial charge in [0.15, 0.2) is 5.78 Å². The molecule has 0 bridgehead atoms. The second kappa shape index (κ2) is 5.48. The summed E-state index contributed by atoms with van der Waals surface area (Å²) in [6.45, 7) is 5.72. The Morgan fingerprint density at radius 3 is 2.31 bits per heavy atom. The van der Waals surface area contributed by atoms with Gasteiger partial charge in [-0.3, -0.25) is 4.79 Å². The summed E-state index contributed by atoms with van der Waals surface area (Å²) in [5, 5.41) is 3.07. The summed E-state index contributed by atoms with van der Waals surface area (Å²) >= 11 is 2.26. The van der Waals surface area contributed by atoms with Crippen LogP contribution in [-0.2, 0) is 4.79 Å². The minimum Gasteiger partial charge on any atom is -0.362 e. The van der Waals surface area contributed by atoms with Gasteiger partial charge in [0, 0.05) is 20.9 Å². The Morgan fingerprint density at radius 1 is 1.25 bits per heavy atom. The largest absolute Gasteiger partial charge is 0.362 e. The molecule has 0 unspecified atom stereocenters. The third kappa shape index (κ3) is 4.35. The van der Waals surface area contributed by atoms with E-state index >= 15 is 0 Å². The molecule has 0 saturated carbocycles. The Morgan fingerprint density at radius 2 is 1.81 bits per heavy atom. The highest BCUT2D eigenvalue weighted by Gasteiger charge is 2.17. The van der Waals surface area contributed by atoms with Crippen molar-refractivity contribution in [2.45, 2.75) is 20.8 Å². The number of ketones is 1. The minimum absolute atomic E-state index is 0.116. The number of carbonyl (C=O) groups excluding carboxylic acids is 1. The van der Waals surface area contributed by atoms with Gasteiger partial charge in [0.05, 0.1) is 0 Å². The first kappa shape index (κ1) is 13.2. The molecule has 1 rings (SSSR count). The van der Waals surface area contributed by atoms with Crippen molar-refractivity contribution in [3.63, 3.8) is 0 Å². The number of benzene rings is 1. The number of nitrogens with one attached hydrogen (secondary N) is 1. The highest BCUT2D eigenvalue weighted by Crippen LogP contribution is 2.15. The van der Waals surface area contributed by atoms with Crippen molar-refractivity contribution >= 4 is 34.1 Å². The number of rotatable bonds is 3. The van der Waals surface area contributed by atoms with E-state index in [2.05, 4.69) is 27.9 Å². The zero-order chi connectivity index (χ0) is 12.2. The van der Waals surface area contributed by atoms with E-state index in [1.165, 1.54) is 3.57 Å². The van der Waals surface area contributed by atoms with Crippen LogP contribution < -0.4 is 5.32 Å². The molecule has 1 aromatic rings. The Balaban J connectivity index is 2.55. The topological polar surface area (TPSA) is 29.1 Å². The highest BCUT2D eigenvalue weighted by atomic mass is 127. The van der Waals surface area contributed by atoms with Crippen LogP contribution in [-0.4, -0.2) is 5.78 Å². The first-order valence-electron chi connectivity index (χ1n) is 5.13. The minimum atomic E-state index is -0.315. The second-order valence-corrected chi connectivity index (χ2v) is 5.84. The number of halogens is 1. The summed E-state index contributed by atoms with van der Waals surface area (Å²) in [4.78, 5) is 11.6. The van der Waals surface area contributed by atoms with Crippen LogP contribution in [0.5, 0.6) is 0 Å². The van der Waals surface area contributed by atoms with E-state index in [0.29, 0.717) is 0 Å². The third-order valence-electron chi connectivity index (χ3n) is 2.07. The molecular formula is C13H16INO. The molecule has 1 aromatic carbocycles. The van der Waals surface area contributed by atoms with Crippen molar-refractivity contribution < 1.29 is 4.79 Å². The van der Waals surface area contributed by atoms with Gasteiger partial charge in [-0.1, -0.05) is 20.8 Å². The lowest BCUT2D eigenvalue weighted by Crippen LogP contribution is -2.17. The quantitative estimate of drug-likeness (QED) is 0.674. The number of hydrogen-bond acceptors (Lipinski definition) is 2. The van der Waals surface area contributed by atoms with Crippen LogP contribution in [0.1, 0.15) is 20.8 Å². The van der Waals surface area contributed by atoms with Crippen molar-refractivity contribution in [1.29, 1.82) is 0 Å². The van der Waals surface area contributed by atoms with E-state index in [1.54, 1.807) is 12.3 Å². The van der Waals surface area contributed by atoms with Crippen molar-refractivity contribution in [2.24, 2.45) is 5.41 Å². The van der Waals surface area contributed by atoms with E-state index in [1.807, 2.05) is 45.0 Å². The maximum atomic E-state index is 11.6. The molecule has 2 nitrogen and oxygen atoms in total. The molecular weight excluding hydrogens is 313 g/mol. The van der Waals surface area contributed by atoms with Crippen LogP contribution >= 0.6 is 22.6 Å². The van der Waals surface area contributed by atoms with Gasteiger partial charge in [0.2, 0.25) is 0 Å². The number of allylic oxidation sites excluding steroid dienone is 1. The number of carbonyl (C=O) groups is 1. The molecule has 0 amide bonds. The molecule has 0 atom stereocenters. The zero-order valence-corrected chi connectivity index (χ0v) is 11.9. The van der Waals surface area contributed by atoms with Crippen LogP contribution in [0.2, 0.25) is 0 Å². The van der Waals surface area contributed by atoms with Crippen molar-refractivity contribution in [1.82, 2.24) is 0 Å². The van der Waals surface area contributed by atoms with E-state index < -0.39 is 0 Å². The lowest BCUT2D eigenvalue weighted by Gasteiger charge is -2.12. The maximum Gasteiger partial charge on any atom is 0.162 e. The lowest BCUT2D eigenvalue weighted by molar-refractivity contribution is -0.121. The fraction of sp³-hybridized carbons (Fsp3) is 0.308. The molecule has 0 aliphatic heterocycles. The summed E-state index contributed by atoms with van der Waals surface area (Å²) in [6, 6.07) is 7.99. The van der Waals surface area contributed by atoms with Gasteiger partial charge in [-0.05, 0) is 52.9 Å². The van der Waals surface area contributed by atoms with Crippen LogP contribution in [0, 0.1) is 8.99 Å². The molecule has 0 fully saturated rings. The molecule has 0 heterocycles. The Kier molecular flexibility index (Phi) is 4.53. The highest BCUT2D eigenvalue weighted by molar-refractivity contribution is 14.1. The summed E-state index contributed by atoms with van der Waals surface area (Å²) < 4.78 is 1.19. The van der Waals surface area contributed by atoms with Gasteiger partial charge in [0.1, 0.15) is 0 Å². The van der Waals surface area contributed by atoms with Gasteiger partial charge in [-0.25, -0.2) is 0 Å². The zero-order valence-electron chi connectivity index (χ0n) is 9.75. The predicted octanol–water partition coefficient (Wildman–Crippen LogP) is 3.83. The normalized spacial score (nSPS) is 11.8. The molecule has 0 saturated heterocycles. The molecule has 86 valence electrons. The van der Waals surface area contributed by atoms with Gasteiger partial charge in [-0.15, -0.1) is 0 Å². The van der Waals surface area contributed by atoms with E-state index in [4.69, 9.17) is 0 Å². The molecule has 0 aliphatic rings. The smallest absolute Gasteiger partial charge is 0.162 e. The summed E-state index contributed by atoms with van der Waals surface area (Å²) in [5.74, 6) is 0.116. The van der Waals surface area contributed by atoms with E-state index in [-0.39, 0.29) is 11.2 Å². The van der Waals surface area contributed by atoms with Crippen molar-refractivity contribution in [3.8, 4) is 0 Å². The second-order valence-electron chi connectivity index (χ2n) is 4.60. The molecule has 0 spiro atoms. The lowest BCUT2D eigenvalue weighted by atomic mass is 9.91. The molecule has 3 heteroatoms. The molecule has 1 N–H and O–H groups in total. The molecule has 16 heavy (non-hydrogen) atoms. The number of hydrogen-bond donors (Lipinski definition) is 1. The van der Waals surface area contributed by atoms with Gasteiger partial charge in [0.25, 0.3) is 0 Å². The molecule has 0 radical (unpaired) electrons. The van der Waals surface area contributed by atoms with Gasteiger partial charge >= 0.3 is 0 Å². The third-order valence-corrected chi connectivity index (χ3v) is 2.79. The monoisotopic (exact) mass is 329 g/mol. The predicted molar refractivity (Wildman–Crippen MR) is 76.4 cm³/mol. The van der Waals surface area contributed by atoms with Gasteiger partial charge in [-0.2, -0.15) is 0 Å². The van der Waals surface area contributed by atoms with Crippen molar-refractivity contribution in [2.75, 3.05) is 5.32 Å². The van der Waals surface area contributed by atoms with Crippen LogP contribution in [0.4, 0.5) is 5.69 Å². The Hall–Kier alpha value is -0.840. The summed E-state index contributed by atoms with van der Waals surface area (Å²) in [5.41, 5.74) is 0.669. The van der Waals surface area contributed by atoms with E-state index in [9.17, 15) is 4.79 Å². The van der Waals surface area contributed by atoms with Crippen LogP contribution in [0.3, 0.4) is 0 Å². The first-order valence-corrected chi connectivity index (χ1v) is 6.20. The Labute approximate surface area is 110 Å². The average Bonchev–Trinajstić information content (AvgIpc) is 2.19. The van der Waals surface area contributed by atoms with Crippen molar-refractivity contribution in [3.05, 3.63) is 40.1 Å². The average molecular weight is 329 g/mol. The standard InChI is InChI=1S/C13H16INO/c1-13(2,3)12(16)8-9-15-11-6-4-10(14)5-7-11/h4-9,15H,1-3H3. The van der Waals surface area contributed by atoms with E-state index in [0.717, 1.165) is 5.69 Å². The number of anilines is 1. The van der Waals surface area contributed by atoms with Crippen LogP contribution in [0.15, 0.2) is 36.5 Å². The summed E-state index contributed by atoms with van der Waals surface area (Å²) in [7, 11) is 0. The molecule has 0 aromatic heterocycles. The first-order chi connectivity index (χ1) is 7.39.